The molecule has 1 rings (SSSR count). The van der Waals surface area contributed by atoms with Crippen molar-refractivity contribution in [3.63, 3.8) is 0 Å². The Labute approximate surface area is 112 Å². The second-order valence-corrected chi connectivity index (χ2v) is 4.65. The molecular formula is C11H21N3O3S. The lowest BCUT2D eigenvalue weighted by atomic mass is 10.5. The summed E-state index contributed by atoms with van der Waals surface area (Å²) in [6, 6.07) is 0. The number of anilines is 1. The first kappa shape index (κ1) is 15.3. The van der Waals surface area contributed by atoms with Crippen LogP contribution in [-0.4, -0.2) is 50.3 Å². The first-order valence-corrected chi connectivity index (χ1v) is 6.89. The minimum atomic E-state index is 0.485. The summed E-state index contributed by atoms with van der Waals surface area (Å²) >= 11 is 1.53. The zero-order chi connectivity index (χ0) is 13.1. The van der Waals surface area contributed by atoms with Gasteiger partial charge in [0.05, 0.1) is 26.4 Å². The van der Waals surface area contributed by atoms with E-state index < -0.39 is 0 Å². The first-order valence-electron chi connectivity index (χ1n) is 6.07. The molecule has 0 unspecified atom stereocenters. The fourth-order valence-electron chi connectivity index (χ4n) is 1.14. The normalized spacial score (nSPS) is 10.8. The molecule has 0 aromatic carbocycles. The number of rotatable bonds is 11. The van der Waals surface area contributed by atoms with Crippen molar-refractivity contribution < 1.29 is 14.2 Å². The van der Waals surface area contributed by atoms with Crippen molar-refractivity contribution in [3.8, 4) is 0 Å². The van der Waals surface area contributed by atoms with Crippen molar-refractivity contribution in [2.24, 2.45) is 0 Å². The van der Waals surface area contributed by atoms with Gasteiger partial charge in [-0.25, -0.2) is 0 Å². The molecule has 1 N–H and O–H groups in total. The average Bonchev–Trinajstić information content (AvgIpc) is 2.83. The van der Waals surface area contributed by atoms with Gasteiger partial charge in [-0.1, -0.05) is 18.3 Å². The van der Waals surface area contributed by atoms with Gasteiger partial charge in [0.1, 0.15) is 11.6 Å². The highest BCUT2D eigenvalue weighted by Gasteiger charge is 2.03. The average molecular weight is 275 g/mol. The van der Waals surface area contributed by atoms with Crippen LogP contribution in [0.25, 0.3) is 0 Å². The highest BCUT2D eigenvalue weighted by molar-refractivity contribution is 7.15. The van der Waals surface area contributed by atoms with Gasteiger partial charge in [0.25, 0.3) is 0 Å². The SMILES string of the molecule is CCCNc1nnc(COCCOCCOC)s1. The number of aromatic nitrogens is 2. The summed E-state index contributed by atoms with van der Waals surface area (Å²) in [5.41, 5.74) is 0. The summed E-state index contributed by atoms with van der Waals surface area (Å²) in [5.74, 6) is 0. The zero-order valence-electron chi connectivity index (χ0n) is 11.0. The topological polar surface area (TPSA) is 65.5 Å². The minimum Gasteiger partial charge on any atom is -0.382 e. The van der Waals surface area contributed by atoms with E-state index in [2.05, 4.69) is 22.4 Å². The third-order valence-electron chi connectivity index (χ3n) is 2.02. The predicted octanol–water partition coefficient (Wildman–Crippen LogP) is 1.54. The van der Waals surface area contributed by atoms with Crippen molar-refractivity contribution >= 4 is 16.5 Å². The summed E-state index contributed by atoms with van der Waals surface area (Å²) in [4.78, 5) is 0. The lowest BCUT2D eigenvalue weighted by Gasteiger charge is -2.03. The molecule has 0 aliphatic rings. The maximum Gasteiger partial charge on any atom is 0.205 e. The van der Waals surface area contributed by atoms with E-state index in [-0.39, 0.29) is 0 Å². The minimum absolute atomic E-state index is 0.485. The maximum absolute atomic E-state index is 5.43. The van der Waals surface area contributed by atoms with Crippen LogP contribution >= 0.6 is 11.3 Å². The molecule has 1 aromatic heterocycles. The first-order chi connectivity index (χ1) is 8.86. The molecule has 1 heterocycles. The molecule has 6 nitrogen and oxygen atoms in total. The molecule has 0 spiro atoms. The van der Waals surface area contributed by atoms with Gasteiger partial charge >= 0.3 is 0 Å². The van der Waals surface area contributed by atoms with Crippen LogP contribution in [0.5, 0.6) is 0 Å². The van der Waals surface area contributed by atoms with Crippen molar-refractivity contribution in [1.29, 1.82) is 0 Å². The van der Waals surface area contributed by atoms with Crippen LogP contribution in [0.1, 0.15) is 18.4 Å². The Morgan fingerprint density at radius 1 is 1.11 bits per heavy atom. The quantitative estimate of drug-likeness (QED) is 0.618. The molecule has 0 saturated carbocycles. The largest absolute Gasteiger partial charge is 0.382 e. The lowest BCUT2D eigenvalue weighted by molar-refractivity contribution is 0.0198. The van der Waals surface area contributed by atoms with Gasteiger partial charge in [-0.3, -0.25) is 0 Å². The number of ether oxygens (including phenoxy) is 3. The lowest BCUT2D eigenvalue weighted by Crippen LogP contribution is -2.08. The van der Waals surface area contributed by atoms with Gasteiger partial charge in [0.2, 0.25) is 5.13 Å². The molecule has 0 fully saturated rings. The van der Waals surface area contributed by atoms with E-state index in [9.17, 15) is 0 Å². The van der Waals surface area contributed by atoms with Gasteiger partial charge in [-0.15, -0.1) is 10.2 Å². The molecule has 0 amide bonds. The molecule has 7 heteroatoms. The van der Waals surface area contributed by atoms with E-state index >= 15 is 0 Å². The van der Waals surface area contributed by atoms with Crippen LogP contribution in [0.2, 0.25) is 0 Å². The van der Waals surface area contributed by atoms with E-state index in [1.165, 1.54) is 11.3 Å². The smallest absolute Gasteiger partial charge is 0.205 e. The molecule has 0 aliphatic heterocycles. The van der Waals surface area contributed by atoms with Crippen LogP contribution in [0.4, 0.5) is 5.13 Å². The Morgan fingerprint density at radius 3 is 2.67 bits per heavy atom. The highest BCUT2D eigenvalue weighted by Crippen LogP contribution is 2.15. The Kier molecular flexibility index (Phi) is 8.66. The predicted molar refractivity (Wildman–Crippen MR) is 71.0 cm³/mol. The van der Waals surface area contributed by atoms with Gasteiger partial charge in [-0.2, -0.15) is 0 Å². The van der Waals surface area contributed by atoms with E-state index in [1.54, 1.807) is 7.11 Å². The van der Waals surface area contributed by atoms with E-state index in [4.69, 9.17) is 14.2 Å². The number of nitrogens with one attached hydrogen (secondary N) is 1. The van der Waals surface area contributed by atoms with Crippen molar-refractivity contribution in [3.05, 3.63) is 5.01 Å². The Hall–Kier alpha value is -0.760. The Morgan fingerprint density at radius 2 is 1.89 bits per heavy atom. The fraction of sp³-hybridized carbons (Fsp3) is 0.818. The second kappa shape index (κ2) is 10.2. The number of nitrogens with zero attached hydrogens (tertiary/aromatic N) is 2. The summed E-state index contributed by atoms with van der Waals surface area (Å²) < 4.78 is 15.6. The molecule has 0 saturated heterocycles. The molecule has 18 heavy (non-hydrogen) atoms. The molecule has 1 aromatic rings. The molecular weight excluding hydrogens is 254 g/mol. The standard InChI is InChI=1S/C11H21N3O3S/c1-3-4-12-11-14-13-10(18-11)9-17-8-7-16-6-5-15-2/h3-9H2,1-2H3,(H,12,14). The summed E-state index contributed by atoms with van der Waals surface area (Å²) in [5, 5.41) is 13.0. The number of hydrogen-bond donors (Lipinski definition) is 1. The van der Waals surface area contributed by atoms with E-state index in [0.717, 1.165) is 23.1 Å². The summed E-state index contributed by atoms with van der Waals surface area (Å²) in [6.07, 6.45) is 1.07. The van der Waals surface area contributed by atoms with Crippen LogP contribution in [0, 0.1) is 0 Å². The third-order valence-corrected chi connectivity index (χ3v) is 2.88. The second-order valence-electron chi connectivity index (χ2n) is 3.59. The van der Waals surface area contributed by atoms with Gasteiger partial charge in [0.15, 0.2) is 0 Å². The van der Waals surface area contributed by atoms with E-state index in [0.29, 0.717) is 33.0 Å². The fourth-order valence-corrected chi connectivity index (χ4v) is 1.84. The maximum atomic E-state index is 5.43. The van der Waals surface area contributed by atoms with Gasteiger partial charge in [0, 0.05) is 13.7 Å². The van der Waals surface area contributed by atoms with Crippen molar-refractivity contribution in [2.75, 3.05) is 45.4 Å². The van der Waals surface area contributed by atoms with E-state index in [1.807, 2.05) is 0 Å². The van der Waals surface area contributed by atoms with Crippen molar-refractivity contribution in [1.82, 2.24) is 10.2 Å². The van der Waals surface area contributed by atoms with Crippen LogP contribution < -0.4 is 5.32 Å². The third kappa shape index (κ3) is 6.85. The molecule has 0 bridgehead atoms. The monoisotopic (exact) mass is 275 g/mol. The molecule has 0 radical (unpaired) electrons. The van der Waals surface area contributed by atoms with Crippen molar-refractivity contribution in [2.45, 2.75) is 20.0 Å². The number of methoxy groups -OCH3 is 1. The molecule has 0 atom stereocenters. The zero-order valence-corrected chi connectivity index (χ0v) is 11.8. The Bertz CT molecular complexity index is 309. The summed E-state index contributed by atoms with van der Waals surface area (Å²) in [6.45, 7) is 5.86. The number of hydrogen-bond acceptors (Lipinski definition) is 7. The highest BCUT2D eigenvalue weighted by atomic mass is 32.1. The van der Waals surface area contributed by atoms with Gasteiger partial charge in [-0.05, 0) is 6.42 Å². The Balaban J connectivity index is 2.03. The van der Waals surface area contributed by atoms with Crippen LogP contribution in [0.3, 0.4) is 0 Å². The molecule has 0 aliphatic carbocycles. The van der Waals surface area contributed by atoms with Gasteiger partial charge < -0.3 is 19.5 Å². The van der Waals surface area contributed by atoms with Crippen LogP contribution in [-0.2, 0) is 20.8 Å². The molecule has 104 valence electrons. The van der Waals surface area contributed by atoms with Crippen LogP contribution in [0.15, 0.2) is 0 Å². The summed E-state index contributed by atoms with van der Waals surface area (Å²) in [7, 11) is 1.65.